The average Bonchev–Trinajstić information content (AvgIpc) is 3.06. The van der Waals surface area contributed by atoms with Crippen molar-refractivity contribution in [3.8, 4) is 0 Å². The summed E-state index contributed by atoms with van der Waals surface area (Å²) in [4.78, 5) is 30.8. The van der Waals surface area contributed by atoms with E-state index in [9.17, 15) is 13.2 Å². The van der Waals surface area contributed by atoms with Gasteiger partial charge < -0.3 is 29.9 Å². The maximum absolute atomic E-state index is 15.3. The SMILES string of the molecule is C=CC(=O)Nc1cc(N2C[C@H](CS(C)(=O)=O)[C@H]2C)c2cnc(Nc3ccnc(N4CC[C@@H](OC5CCOCC5)[C@@H](F)C4)c3)nc2c1C(C)C. The third-order valence-electron chi connectivity index (χ3n) is 9.69. The molecule has 0 unspecified atom stereocenters. The number of sulfone groups is 1. The highest BCUT2D eigenvalue weighted by Gasteiger charge is 2.39. The van der Waals surface area contributed by atoms with Crippen molar-refractivity contribution in [1.82, 2.24) is 15.0 Å². The number of carbonyl (C=O) groups excluding carboxylic acids is 1. The van der Waals surface area contributed by atoms with Crippen LogP contribution < -0.4 is 20.4 Å². The molecule has 0 bridgehead atoms. The fourth-order valence-electron chi connectivity index (χ4n) is 7.05. The smallest absolute Gasteiger partial charge is 0.247 e. The Labute approximate surface area is 287 Å². The van der Waals surface area contributed by atoms with Gasteiger partial charge in [0.05, 0.1) is 35.7 Å². The molecule has 1 aromatic carbocycles. The summed E-state index contributed by atoms with van der Waals surface area (Å²) in [5.41, 5.74) is 3.64. The van der Waals surface area contributed by atoms with Crippen molar-refractivity contribution >= 4 is 55.5 Å². The van der Waals surface area contributed by atoms with E-state index in [0.717, 1.165) is 29.5 Å². The lowest BCUT2D eigenvalue weighted by Gasteiger charge is -2.48. The number of anilines is 5. The predicted molar refractivity (Wildman–Crippen MR) is 190 cm³/mol. The van der Waals surface area contributed by atoms with E-state index in [2.05, 4.69) is 32.1 Å². The van der Waals surface area contributed by atoms with E-state index in [4.69, 9.17) is 14.5 Å². The van der Waals surface area contributed by atoms with E-state index in [0.29, 0.717) is 61.4 Å². The second-order valence-electron chi connectivity index (χ2n) is 13.7. The highest BCUT2D eigenvalue weighted by atomic mass is 32.2. The first-order valence-electron chi connectivity index (χ1n) is 17.0. The first-order chi connectivity index (χ1) is 23.4. The zero-order valence-corrected chi connectivity index (χ0v) is 29.4. The monoisotopic (exact) mass is 695 g/mol. The van der Waals surface area contributed by atoms with Crippen LogP contribution in [0.5, 0.6) is 0 Å². The second kappa shape index (κ2) is 14.5. The first-order valence-corrected chi connectivity index (χ1v) is 19.0. The molecule has 2 aromatic heterocycles. The molecule has 2 N–H and O–H groups in total. The van der Waals surface area contributed by atoms with Crippen molar-refractivity contribution in [3.05, 3.63) is 48.8 Å². The summed E-state index contributed by atoms with van der Waals surface area (Å²) in [6.45, 7) is 12.4. The van der Waals surface area contributed by atoms with Crippen molar-refractivity contribution in [1.29, 1.82) is 0 Å². The van der Waals surface area contributed by atoms with E-state index < -0.39 is 22.1 Å². The Kier molecular flexibility index (Phi) is 10.4. The Morgan fingerprint density at radius 2 is 1.98 bits per heavy atom. The summed E-state index contributed by atoms with van der Waals surface area (Å²) in [6, 6.07) is 5.55. The molecular formula is C35H46FN7O5S. The molecule has 264 valence electrons. The standard InChI is InChI=1S/C35H46FN7O5S/c1-6-32(44)40-28-16-29(43-18-23(22(43)4)20-49(5,45)46)26-17-38-35(41-34(26)33(28)21(2)3)39-24-7-11-37-31(15-24)42-12-8-30(27(36)19-42)48-25-9-13-47-14-10-25/h6-7,11,15-17,21-23,25,27,30H,1,8-10,12-14,18-20H2,2-5H3,(H,40,44)(H,37,38,39,41)/t22-,23-,27+,30-/m1/s1. The van der Waals surface area contributed by atoms with Crippen LogP contribution in [0.4, 0.5) is 33.2 Å². The Balaban J connectivity index is 1.26. The molecule has 0 spiro atoms. The molecule has 12 nitrogen and oxygen atoms in total. The summed E-state index contributed by atoms with van der Waals surface area (Å²) in [7, 11) is -3.13. The zero-order chi connectivity index (χ0) is 34.9. The number of amides is 1. The van der Waals surface area contributed by atoms with E-state index in [1.165, 1.54) is 12.3 Å². The van der Waals surface area contributed by atoms with Gasteiger partial charge in [-0.15, -0.1) is 0 Å². The predicted octanol–water partition coefficient (Wildman–Crippen LogP) is 5.00. The molecule has 3 aliphatic heterocycles. The maximum Gasteiger partial charge on any atom is 0.247 e. The summed E-state index contributed by atoms with van der Waals surface area (Å²) in [5.74, 6) is 0.744. The highest BCUT2D eigenvalue weighted by molar-refractivity contribution is 7.90. The van der Waals surface area contributed by atoms with Gasteiger partial charge in [-0.05, 0) is 50.3 Å². The minimum Gasteiger partial charge on any atom is -0.381 e. The van der Waals surface area contributed by atoms with Gasteiger partial charge in [-0.2, -0.15) is 0 Å². The molecule has 0 saturated carbocycles. The number of pyridine rings is 1. The summed E-state index contributed by atoms with van der Waals surface area (Å²) in [6.07, 6.45) is 6.58. The third-order valence-corrected chi connectivity index (χ3v) is 10.7. The maximum atomic E-state index is 15.3. The Bertz CT molecular complexity index is 1800. The van der Waals surface area contributed by atoms with Crippen molar-refractivity contribution in [2.24, 2.45) is 5.92 Å². The van der Waals surface area contributed by atoms with Gasteiger partial charge in [-0.25, -0.2) is 27.8 Å². The molecule has 3 aromatic rings. The van der Waals surface area contributed by atoms with Gasteiger partial charge >= 0.3 is 0 Å². The minimum absolute atomic E-state index is 0.00857. The number of benzene rings is 1. The van der Waals surface area contributed by atoms with Crippen LogP contribution in [0.15, 0.2) is 43.2 Å². The molecule has 49 heavy (non-hydrogen) atoms. The zero-order valence-electron chi connectivity index (χ0n) is 28.6. The van der Waals surface area contributed by atoms with Gasteiger partial charge in [0.25, 0.3) is 0 Å². The Hall–Kier alpha value is -3.88. The molecule has 6 rings (SSSR count). The topological polar surface area (TPSA) is 139 Å². The number of hydrogen-bond acceptors (Lipinski definition) is 11. The number of hydrogen-bond donors (Lipinski definition) is 2. The number of piperidine rings is 1. The molecular weight excluding hydrogens is 649 g/mol. The molecule has 3 fully saturated rings. The normalized spacial score (nSPS) is 23.4. The van der Waals surface area contributed by atoms with E-state index in [1.807, 2.05) is 43.9 Å². The quantitative estimate of drug-likeness (QED) is 0.262. The van der Waals surface area contributed by atoms with Crippen LogP contribution in [0, 0.1) is 5.92 Å². The lowest BCUT2D eigenvalue weighted by Crippen LogP contribution is -2.57. The third kappa shape index (κ3) is 7.97. The van der Waals surface area contributed by atoms with Gasteiger partial charge in [-0.1, -0.05) is 20.4 Å². The molecule has 14 heteroatoms. The van der Waals surface area contributed by atoms with Gasteiger partial charge in [0.1, 0.15) is 21.8 Å². The minimum atomic E-state index is -3.13. The van der Waals surface area contributed by atoms with Crippen LogP contribution in [-0.4, -0.2) is 98.6 Å². The number of aromatic nitrogens is 3. The van der Waals surface area contributed by atoms with Gasteiger partial charge in [0.15, 0.2) is 0 Å². The van der Waals surface area contributed by atoms with Crippen LogP contribution in [0.25, 0.3) is 10.9 Å². The highest BCUT2D eigenvalue weighted by Crippen LogP contribution is 2.42. The number of ether oxygens (including phenoxy) is 2. The number of halogens is 1. The van der Waals surface area contributed by atoms with Gasteiger partial charge in [0, 0.05) is 85.3 Å². The molecule has 4 atom stereocenters. The van der Waals surface area contributed by atoms with E-state index in [-0.39, 0.29) is 42.2 Å². The number of rotatable bonds is 11. The van der Waals surface area contributed by atoms with Crippen LogP contribution in [0.3, 0.4) is 0 Å². The number of carbonyl (C=O) groups is 1. The van der Waals surface area contributed by atoms with Crippen molar-refractivity contribution in [2.75, 3.05) is 65.3 Å². The lowest BCUT2D eigenvalue weighted by atomic mass is 9.89. The summed E-state index contributed by atoms with van der Waals surface area (Å²) < 4.78 is 50.8. The summed E-state index contributed by atoms with van der Waals surface area (Å²) in [5, 5.41) is 7.06. The summed E-state index contributed by atoms with van der Waals surface area (Å²) >= 11 is 0. The van der Waals surface area contributed by atoms with Crippen LogP contribution in [-0.2, 0) is 24.1 Å². The number of fused-ring (bicyclic) bond motifs is 1. The Morgan fingerprint density at radius 3 is 2.65 bits per heavy atom. The van der Waals surface area contributed by atoms with Gasteiger partial charge in [-0.3, -0.25) is 4.79 Å². The van der Waals surface area contributed by atoms with E-state index in [1.54, 1.807) is 12.4 Å². The molecule has 0 aliphatic carbocycles. The number of alkyl halides is 1. The molecule has 1 amide bonds. The molecule has 3 saturated heterocycles. The van der Waals surface area contributed by atoms with Crippen LogP contribution in [0.1, 0.15) is 51.5 Å². The fraction of sp³-hybridized carbons (Fsp3) is 0.543. The largest absolute Gasteiger partial charge is 0.381 e. The van der Waals surface area contributed by atoms with Crippen molar-refractivity contribution < 1.29 is 27.1 Å². The molecule has 5 heterocycles. The average molecular weight is 696 g/mol. The fourth-order valence-corrected chi connectivity index (χ4v) is 8.21. The first kappa shape index (κ1) is 35.0. The van der Waals surface area contributed by atoms with Crippen LogP contribution >= 0.6 is 0 Å². The molecule has 0 radical (unpaired) electrons. The second-order valence-corrected chi connectivity index (χ2v) is 15.9. The number of nitrogens with one attached hydrogen (secondary N) is 2. The number of nitrogens with zero attached hydrogens (tertiary/aromatic N) is 5. The van der Waals surface area contributed by atoms with Crippen LogP contribution in [0.2, 0.25) is 0 Å². The van der Waals surface area contributed by atoms with E-state index >= 15 is 4.39 Å². The Morgan fingerprint density at radius 1 is 1.20 bits per heavy atom. The van der Waals surface area contributed by atoms with Crippen molar-refractivity contribution in [3.63, 3.8) is 0 Å². The lowest BCUT2D eigenvalue weighted by molar-refractivity contribution is -0.111. The van der Waals surface area contributed by atoms with Crippen molar-refractivity contribution in [2.45, 2.75) is 70.4 Å². The van der Waals surface area contributed by atoms with Gasteiger partial charge in [0.2, 0.25) is 11.9 Å². The molecule has 3 aliphatic rings.